The molecule has 0 spiro atoms. The van der Waals surface area contributed by atoms with Gasteiger partial charge >= 0.3 is 0 Å². The number of ether oxygens (including phenoxy) is 1. The first-order chi connectivity index (χ1) is 11.1. The van der Waals surface area contributed by atoms with Crippen LogP contribution in [0.25, 0.3) is 11.5 Å². The molecule has 0 atom stereocenters. The van der Waals surface area contributed by atoms with Crippen molar-refractivity contribution in [2.24, 2.45) is 0 Å². The van der Waals surface area contributed by atoms with Crippen molar-refractivity contribution in [3.05, 3.63) is 61.0 Å². The molecule has 1 N–H and O–H groups in total. The molecule has 0 aliphatic rings. The minimum atomic E-state index is -3.71. The fraction of sp³-hybridized carbons (Fsp3) is 0.0625. The molecule has 7 heteroatoms. The largest absolute Gasteiger partial charge is 0.497 e. The lowest BCUT2D eigenvalue weighted by atomic mass is 10.1. The molecule has 0 radical (unpaired) electrons. The van der Waals surface area contributed by atoms with Crippen molar-refractivity contribution in [2.75, 3.05) is 11.8 Å². The number of methoxy groups -OCH3 is 1. The third-order valence-electron chi connectivity index (χ3n) is 3.19. The van der Waals surface area contributed by atoms with Crippen LogP contribution in [0.1, 0.15) is 0 Å². The zero-order valence-corrected chi connectivity index (χ0v) is 13.1. The van der Waals surface area contributed by atoms with Crippen LogP contribution in [0.4, 0.5) is 5.69 Å². The molecule has 3 rings (SSSR count). The summed E-state index contributed by atoms with van der Waals surface area (Å²) in [4.78, 5) is 4.24. The second kappa shape index (κ2) is 6.13. The van der Waals surface area contributed by atoms with E-state index >= 15 is 0 Å². The molecule has 3 aromatic rings. The van der Waals surface area contributed by atoms with Gasteiger partial charge in [0.15, 0.2) is 0 Å². The molecule has 0 aliphatic heterocycles. The van der Waals surface area contributed by atoms with Gasteiger partial charge in [0.2, 0.25) is 5.89 Å². The van der Waals surface area contributed by atoms with Crippen LogP contribution < -0.4 is 9.46 Å². The van der Waals surface area contributed by atoms with Gasteiger partial charge in [-0.25, -0.2) is 13.4 Å². The lowest BCUT2D eigenvalue weighted by molar-refractivity contribution is 0.415. The Kier molecular flexibility index (Phi) is 4.03. The summed E-state index contributed by atoms with van der Waals surface area (Å²) in [5.41, 5.74) is 0.853. The standard InChI is InChI=1S/C16H14N2O4S/c1-21-12-7-8-15(14(11-12)16-17-9-10-22-16)18-23(19,20)13-5-3-2-4-6-13/h2-11,18H,1H3. The predicted octanol–water partition coefficient (Wildman–Crippen LogP) is 3.15. The van der Waals surface area contributed by atoms with Crippen LogP contribution in [0.15, 0.2) is 70.3 Å². The third-order valence-corrected chi connectivity index (χ3v) is 4.57. The van der Waals surface area contributed by atoms with Crippen LogP contribution in [0.3, 0.4) is 0 Å². The number of benzene rings is 2. The minimum Gasteiger partial charge on any atom is -0.497 e. The number of rotatable bonds is 5. The van der Waals surface area contributed by atoms with E-state index in [0.29, 0.717) is 22.9 Å². The predicted molar refractivity (Wildman–Crippen MR) is 85.7 cm³/mol. The summed E-state index contributed by atoms with van der Waals surface area (Å²) in [5.74, 6) is 0.871. The summed E-state index contributed by atoms with van der Waals surface area (Å²) >= 11 is 0. The number of nitrogens with one attached hydrogen (secondary N) is 1. The Morgan fingerprint density at radius 1 is 1.13 bits per heavy atom. The molecule has 0 saturated heterocycles. The van der Waals surface area contributed by atoms with Gasteiger partial charge < -0.3 is 9.15 Å². The van der Waals surface area contributed by atoms with Crippen LogP contribution in [0.2, 0.25) is 0 Å². The maximum atomic E-state index is 12.5. The summed E-state index contributed by atoms with van der Waals surface area (Å²) in [7, 11) is -2.18. The van der Waals surface area contributed by atoms with Gasteiger partial charge in [0.05, 0.1) is 29.5 Å². The maximum Gasteiger partial charge on any atom is 0.261 e. The molecule has 6 nitrogen and oxygen atoms in total. The van der Waals surface area contributed by atoms with Gasteiger partial charge in [0, 0.05) is 0 Å². The number of hydrogen-bond acceptors (Lipinski definition) is 5. The van der Waals surface area contributed by atoms with E-state index in [1.54, 1.807) is 36.4 Å². The van der Waals surface area contributed by atoms with E-state index in [2.05, 4.69) is 9.71 Å². The number of hydrogen-bond donors (Lipinski definition) is 1. The van der Waals surface area contributed by atoms with Crippen molar-refractivity contribution in [1.29, 1.82) is 0 Å². The lowest BCUT2D eigenvalue weighted by Crippen LogP contribution is -2.13. The van der Waals surface area contributed by atoms with Crippen LogP contribution >= 0.6 is 0 Å². The monoisotopic (exact) mass is 330 g/mol. The quantitative estimate of drug-likeness (QED) is 0.777. The number of aromatic nitrogens is 1. The summed E-state index contributed by atoms with van der Waals surface area (Å²) in [5, 5.41) is 0. The van der Waals surface area contributed by atoms with Gasteiger partial charge in [-0.3, -0.25) is 4.72 Å². The summed E-state index contributed by atoms with van der Waals surface area (Å²) in [6, 6.07) is 13.1. The molecular formula is C16H14N2O4S. The fourth-order valence-electron chi connectivity index (χ4n) is 2.08. The van der Waals surface area contributed by atoms with Gasteiger partial charge in [-0.1, -0.05) is 18.2 Å². The lowest BCUT2D eigenvalue weighted by Gasteiger charge is -2.12. The molecule has 118 valence electrons. The summed E-state index contributed by atoms with van der Waals surface area (Å²) < 4.78 is 38.0. The molecule has 1 aromatic heterocycles. The highest BCUT2D eigenvalue weighted by Crippen LogP contribution is 2.32. The maximum absolute atomic E-state index is 12.5. The number of anilines is 1. The normalized spacial score (nSPS) is 11.2. The van der Waals surface area contributed by atoms with E-state index in [-0.39, 0.29) is 4.90 Å². The van der Waals surface area contributed by atoms with Gasteiger partial charge in [-0.05, 0) is 30.3 Å². The van der Waals surface area contributed by atoms with Gasteiger partial charge in [0.25, 0.3) is 10.0 Å². The van der Waals surface area contributed by atoms with Crippen LogP contribution in [-0.4, -0.2) is 20.5 Å². The highest BCUT2D eigenvalue weighted by atomic mass is 32.2. The van der Waals surface area contributed by atoms with Crippen molar-refractivity contribution >= 4 is 15.7 Å². The molecule has 0 saturated carbocycles. The number of oxazole rings is 1. The topological polar surface area (TPSA) is 81.4 Å². The number of nitrogens with zero attached hydrogens (tertiary/aromatic N) is 1. The molecule has 0 aliphatic carbocycles. The van der Waals surface area contributed by atoms with Crippen molar-refractivity contribution in [1.82, 2.24) is 4.98 Å². The average Bonchev–Trinajstić information content (AvgIpc) is 3.10. The Balaban J connectivity index is 2.03. The third kappa shape index (κ3) is 3.19. The second-order valence-corrected chi connectivity index (χ2v) is 6.35. The Morgan fingerprint density at radius 3 is 2.57 bits per heavy atom. The summed E-state index contributed by atoms with van der Waals surface area (Å²) in [6.07, 6.45) is 2.91. The average molecular weight is 330 g/mol. The minimum absolute atomic E-state index is 0.175. The Labute approximate surface area is 133 Å². The zero-order valence-electron chi connectivity index (χ0n) is 12.3. The Hall–Kier alpha value is -2.80. The molecule has 0 fully saturated rings. The van der Waals surface area contributed by atoms with Crippen molar-refractivity contribution in [2.45, 2.75) is 4.90 Å². The van der Waals surface area contributed by atoms with Gasteiger partial charge in [-0.2, -0.15) is 0 Å². The van der Waals surface area contributed by atoms with Crippen LogP contribution in [-0.2, 0) is 10.0 Å². The first kappa shape index (κ1) is 15.1. The highest BCUT2D eigenvalue weighted by Gasteiger charge is 2.18. The summed E-state index contributed by atoms with van der Waals surface area (Å²) in [6.45, 7) is 0. The number of sulfonamides is 1. The van der Waals surface area contributed by atoms with E-state index in [0.717, 1.165) is 0 Å². The second-order valence-electron chi connectivity index (χ2n) is 4.67. The molecule has 0 amide bonds. The molecule has 2 aromatic carbocycles. The highest BCUT2D eigenvalue weighted by molar-refractivity contribution is 7.92. The van der Waals surface area contributed by atoms with E-state index in [1.165, 1.54) is 31.7 Å². The Bertz CT molecular complexity index is 891. The van der Waals surface area contributed by atoms with Crippen LogP contribution in [0, 0.1) is 0 Å². The first-order valence-corrected chi connectivity index (χ1v) is 8.24. The first-order valence-electron chi connectivity index (χ1n) is 6.76. The van der Waals surface area contributed by atoms with Gasteiger partial charge in [-0.15, -0.1) is 0 Å². The van der Waals surface area contributed by atoms with Crippen LogP contribution in [0.5, 0.6) is 5.75 Å². The molecular weight excluding hydrogens is 316 g/mol. The molecule has 0 unspecified atom stereocenters. The molecule has 1 heterocycles. The van der Waals surface area contributed by atoms with Crippen molar-refractivity contribution in [3.63, 3.8) is 0 Å². The van der Waals surface area contributed by atoms with Crippen molar-refractivity contribution in [3.8, 4) is 17.2 Å². The van der Waals surface area contributed by atoms with E-state index in [9.17, 15) is 8.42 Å². The van der Waals surface area contributed by atoms with Gasteiger partial charge in [0.1, 0.15) is 12.0 Å². The smallest absolute Gasteiger partial charge is 0.261 e. The molecule has 23 heavy (non-hydrogen) atoms. The van der Waals surface area contributed by atoms with E-state index in [1.807, 2.05) is 0 Å². The molecule has 0 bridgehead atoms. The zero-order chi connectivity index (χ0) is 16.3. The van der Waals surface area contributed by atoms with Crippen molar-refractivity contribution < 1.29 is 17.6 Å². The van der Waals surface area contributed by atoms with E-state index < -0.39 is 10.0 Å². The van der Waals surface area contributed by atoms with E-state index in [4.69, 9.17) is 9.15 Å². The SMILES string of the molecule is COc1ccc(NS(=O)(=O)c2ccccc2)c(-c2ncco2)c1. The fourth-order valence-corrected chi connectivity index (χ4v) is 3.18. The Morgan fingerprint density at radius 2 is 1.91 bits per heavy atom.